The van der Waals surface area contributed by atoms with Gasteiger partial charge in [0.25, 0.3) is 5.91 Å². The monoisotopic (exact) mass is 494 g/mol. The number of amides is 1. The van der Waals surface area contributed by atoms with Crippen molar-refractivity contribution in [2.45, 2.75) is 38.3 Å². The van der Waals surface area contributed by atoms with Crippen molar-refractivity contribution in [1.29, 1.82) is 0 Å². The van der Waals surface area contributed by atoms with Crippen LogP contribution in [0.3, 0.4) is 0 Å². The second-order valence-electron chi connectivity index (χ2n) is 9.63. The number of aliphatic hydroxyl groups excluding tert-OH is 1. The van der Waals surface area contributed by atoms with Gasteiger partial charge in [0.05, 0.1) is 46.3 Å². The highest BCUT2D eigenvalue weighted by Gasteiger charge is 2.32. The number of carbonyl (C=O) groups is 1. The van der Waals surface area contributed by atoms with Gasteiger partial charge >= 0.3 is 0 Å². The van der Waals surface area contributed by atoms with Crippen molar-refractivity contribution in [2.24, 2.45) is 11.7 Å². The molecule has 0 saturated carbocycles. The molecule has 0 unspecified atom stereocenters. The lowest BCUT2D eigenvalue weighted by Gasteiger charge is -2.38. The summed E-state index contributed by atoms with van der Waals surface area (Å²) in [7, 11) is 0. The van der Waals surface area contributed by atoms with Crippen LogP contribution in [-0.4, -0.2) is 40.1 Å². The van der Waals surface area contributed by atoms with Crippen LogP contribution in [0.15, 0.2) is 36.5 Å². The average Bonchev–Trinajstić information content (AvgIpc) is 3.19. The third-order valence-corrected chi connectivity index (χ3v) is 6.78. The van der Waals surface area contributed by atoms with Gasteiger partial charge in [0.1, 0.15) is 11.6 Å². The number of nitrogens with one attached hydrogen (secondary N) is 1. The molecule has 3 heterocycles. The van der Waals surface area contributed by atoms with Crippen molar-refractivity contribution in [3.8, 4) is 11.3 Å². The molecule has 3 aromatic rings. The molecule has 36 heavy (non-hydrogen) atoms. The molecule has 0 radical (unpaired) electrons. The van der Waals surface area contributed by atoms with Crippen molar-refractivity contribution in [1.82, 2.24) is 9.97 Å². The largest absolute Gasteiger partial charge is 0.397 e. The zero-order valence-electron chi connectivity index (χ0n) is 19.8. The number of nitrogen functional groups attached to an aromatic ring is 1. The molecule has 1 saturated heterocycles. The molecular weight excluding hydrogens is 466 g/mol. The summed E-state index contributed by atoms with van der Waals surface area (Å²) in [5.74, 6) is -1.88. The molecule has 1 aliphatic heterocycles. The van der Waals surface area contributed by atoms with Crippen LogP contribution < -0.4 is 21.7 Å². The molecule has 1 aliphatic carbocycles. The van der Waals surface area contributed by atoms with Gasteiger partial charge in [0.2, 0.25) is 0 Å². The van der Waals surface area contributed by atoms with Crippen LogP contribution in [-0.2, 0) is 6.42 Å². The fraction of sp³-hybridized carbons (Fsp3) is 0.346. The Morgan fingerprint density at radius 2 is 1.94 bits per heavy atom. The minimum atomic E-state index is -0.794. The number of hydrogen-bond acceptors (Lipinski definition) is 7. The summed E-state index contributed by atoms with van der Waals surface area (Å²) in [4.78, 5) is 24.1. The SMILES string of the molecule is C[C@@H]1C[C@H](N)CN(c2c(NC(=O)c3nc(-c4c(F)cccc4F)ccc3N)cnc3c2CC[C@H]3O)C1. The third kappa shape index (κ3) is 4.38. The summed E-state index contributed by atoms with van der Waals surface area (Å²) in [5.41, 5.74) is 14.6. The van der Waals surface area contributed by atoms with Crippen LogP contribution in [0.25, 0.3) is 11.3 Å². The Morgan fingerprint density at radius 3 is 2.67 bits per heavy atom. The predicted molar refractivity (Wildman–Crippen MR) is 133 cm³/mol. The van der Waals surface area contributed by atoms with Crippen molar-refractivity contribution < 1.29 is 18.7 Å². The zero-order valence-corrected chi connectivity index (χ0v) is 19.8. The first kappa shape index (κ1) is 24.1. The zero-order chi connectivity index (χ0) is 25.6. The standard InChI is InChI=1S/C26H28F2N6O2/c1-13-9-14(29)12-34(11-13)25-15-5-8-21(35)23(15)31-10-20(25)33-26(36)24-18(30)6-7-19(32-24)22-16(27)3-2-4-17(22)28/h2-4,6-7,10,13-14,21,35H,5,8-9,11-12,29-30H2,1H3,(H,33,36)/t13-,14+,21-/m1/s1. The van der Waals surface area contributed by atoms with Gasteiger partial charge in [0, 0.05) is 24.7 Å². The summed E-state index contributed by atoms with van der Waals surface area (Å²) in [6.45, 7) is 3.46. The van der Waals surface area contributed by atoms with E-state index in [1.807, 2.05) is 0 Å². The van der Waals surface area contributed by atoms with Crippen LogP contribution in [0.2, 0.25) is 0 Å². The van der Waals surface area contributed by atoms with Gasteiger partial charge in [-0.2, -0.15) is 0 Å². The molecule has 188 valence electrons. The van der Waals surface area contributed by atoms with E-state index in [2.05, 4.69) is 27.1 Å². The molecule has 2 aliphatic rings. The van der Waals surface area contributed by atoms with Crippen LogP contribution >= 0.6 is 0 Å². The van der Waals surface area contributed by atoms with Gasteiger partial charge in [-0.15, -0.1) is 0 Å². The van der Waals surface area contributed by atoms with Crippen LogP contribution in [0, 0.1) is 17.6 Å². The number of piperidine rings is 1. The van der Waals surface area contributed by atoms with E-state index in [1.54, 1.807) is 0 Å². The van der Waals surface area contributed by atoms with E-state index in [0.717, 1.165) is 36.3 Å². The number of nitrogens with two attached hydrogens (primary N) is 2. The number of pyridine rings is 2. The normalized spacial score (nSPS) is 21.4. The van der Waals surface area contributed by atoms with E-state index in [1.165, 1.54) is 24.4 Å². The average molecular weight is 495 g/mol. The van der Waals surface area contributed by atoms with Gasteiger partial charge in [0.15, 0.2) is 5.69 Å². The molecular formula is C26H28F2N6O2. The van der Waals surface area contributed by atoms with Gasteiger partial charge in [-0.25, -0.2) is 13.8 Å². The first-order chi connectivity index (χ1) is 17.2. The highest BCUT2D eigenvalue weighted by molar-refractivity contribution is 6.08. The Hall–Kier alpha value is -3.63. The number of nitrogens with zero attached hydrogens (tertiary/aromatic N) is 3. The summed E-state index contributed by atoms with van der Waals surface area (Å²) >= 11 is 0. The second kappa shape index (κ2) is 9.44. The van der Waals surface area contributed by atoms with E-state index in [-0.39, 0.29) is 28.7 Å². The van der Waals surface area contributed by atoms with Crippen LogP contribution in [0.5, 0.6) is 0 Å². The third-order valence-electron chi connectivity index (χ3n) is 6.78. The fourth-order valence-electron chi connectivity index (χ4n) is 5.26. The fourth-order valence-corrected chi connectivity index (χ4v) is 5.26. The highest BCUT2D eigenvalue weighted by atomic mass is 19.1. The smallest absolute Gasteiger partial charge is 0.276 e. The Labute approximate surface area is 207 Å². The molecule has 2 aromatic heterocycles. The maximum Gasteiger partial charge on any atom is 0.276 e. The van der Waals surface area contributed by atoms with Crippen molar-refractivity contribution in [3.05, 3.63) is 65.1 Å². The number of rotatable bonds is 4. The number of aliphatic hydroxyl groups is 1. The topological polar surface area (TPSA) is 130 Å². The Balaban J connectivity index is 1.53. The molecule has 8 nitrogen and oxygen atoms in total. The summed E-state index contributed by atoms with van der Waals surface area (Å²) in [5, 5.41) is 13.2. The maximum atomic E-state index is 14.3. The second-order valence-corrected chi connectivity index (χ2v) is 9.63. The molecule has 5 rings (SSSR count). The number of aromatic nitrogens is 2. The quantitative estimate of drug-likeness (QED) is 0.437. The Morgan fingerprint density at radius 1 is 1.19 bits per heavy atom. The molecule has 1 amide bonds. The minimum absolute atomic E-state index is 0.0305. The van der Waals surface area contributed by atoms with Gasteiger partial charge < -0.3 is 26.8 Å². The Bertz CT molecular complexity index is 1300. The molecule has 0 spiro atoms. The number of fused-ring (bicyclic) bond motifs is 1. The first-order valence-corrected chi connectivity index (χ1v) is 12.0. The van der Waals surface area contributed by atoms with E-state index in [0.29, 0.717) is 36.7 Å². The predicted octanol–water partition coefficient (Wildman–Crippen LogP) is 3.41. The number of anilines is 3. The molecule has 6 N–H and O–H groups in total. The summed E-state index contributed by atoms with van der Waals surface area (Å²) in [6.07, 6.45) is 2.91. The number of halogens is 2. The van der Waals surface area contributed by atoms with Crippen LogP contribution in [0.1, 0.15) is 47.6 Å². The van der Waals surface area contributed by atoms with Gasteiger partial charge in [-0.05, 0) is 49.4 Å². The Kier molecular flexibility index (Phi) is 6.31. The van der Waals surface area contributed by atoms with E-state index in [9.17, 15) is 18.7 Å². The van der Waals surface area contributed by atoms with Gasteiger partial charge in [-0.1, -0.05) is 13.0 Å². The molecule has 10 heteroatoms. The first-order valence-electron chi connectivity index (χ1n) is 12.0. The molecule has 1 fully saturated rings. The van der Waals surface area contributed by atoms with Crippen LogP contribution in [0.4, 0.5) is 25.8 Å². The number of benzene rings is 1. The lowest BCUT2D eigenvalue weighted by molar-refractivity contribution is 0.102. The van der Waals surface area contributed by atoms with Gasteiger partial charge in [-0.3, -0.25) is 9.78 Å². The van der Waals surface area contributed by atoms with Crippen molar-refractivity contribution in [2.75, 3.05) is 29.0 Å². The highest BCUT2D eigenvalue weighted by Crippen LogP contribution is 2.41. The minimum Gasteiger partial charge on any atom is -0.397 e. The van der Waals surface area contributed by atoms with E-state index in [4.69, 9.17) is 11.5 Å². The lowest BCUT2D eigenvalue weighted by atomic mass is 9.95. The van der Waals surface area contributed by atoms with E-state index < -0.39 is 23.6 Å². The molecule has 1 aromatic carbocycles. The van der Waals surface area contributed by atoms with E-state index >= 15 is 0 Å². The molecule has 0 bridgehead atoms. The number of carbonyl (C=O) groups excluding carboxylic acids is 1. The summed E-state index contributed by atoms with van der Waals surface area (Å²) in [6, 6.07) is 6.23. The summed E-state index contributed by atoms with van der Waals surface area (Å²) < 4.78 is 28.7. The van der Waals surface area contributed by atoms with Crippen molar-refractivity contribution in [3.63, 3.8) is 0 Å². The number of hydrogen-bond donors (Lipinski definition) is 4. The van der Waals surface area contributed by atoms with Crippen molar-refractivity contribution >= 4 is 23.0 Å². The molecule has 3 atom stereocenters. The maximum absolute atomic E-state index is 14.3. The lowest BCUT2D eigenvalue weighted by Crippen LogP contribution is -2.47.